The number of aryl methyl sites for hydroxylation is 2. The third kappa shape index (κ3) is 2.34. The molecule has 0 spiro atoms. The number of rotatable bonds is 2. The van der Waals surface area contributed by atoms with Gasteiger partial charge in [-0.25, -0.2) is 0 Å². The van der Waals surface area contributed by atoms with E-state index in [0.29, 0.717) is 0 Å². The summed E-state index contributed by atoms with van der Waals surface area (Å²) in [6.45, 7) is 4.41. The summed E-state index contributed by atoms with van der Waals surface area (Å²) < 4.78 is 0. The van der Waals surface area contributed by atoms with Crippen molar-refractivity contribution in [3.8, 4) is 11.1 Å². The molecule has 0 aromatic heterocycles. The maximum atomic E-state index is 2.26. The molecule has 0 radical (unpaired) electrons. The van der Waals surface area contributed by atoms with Crippen LogP contribution in [0.15, 0.2) is 60.7 Å². The van der Waals surface area contributed by atoms with Gasteiger partial charge in [0.05, 0.1) is 0 Å². The Hall–Kier alpha value is -2.08. The maximum absolute atomic E-state index is 2.26. The van der Waals surface area contributed by atoms with Gasteiger partial charge in [-0.2, -0.15) is 0 Å². The summed E-state index contributed by atoms with van der Waals surface area (Å²) in [5.74, 6) is 0. The summed E-state index contributed by atoms with van der Waals surface area (Å²) in [5.41, 5.74) is 8.29. The summed E-state index contributed by atoms with van der Waals surface area (Å²) in [6, 6.07) is 15.3. The molecule has 0 atom stereocenters. The van der Waals surface area contributed by atoms with Crippen molar-refractivity contribution in [1.82, 2.24) is 0 Å². The predicted molar refractivity (Wildman–Crippen MR) is 87.7 cm³/mol. The summed E-state index contributed by atoms with van der Waals surface area (Å²) in [5, 5.41) is 0. The monoisotopic (exact) mass is 260 g/mol. The van der Waals surface area contributed by atoms with Crippen LogP contribution < -0.4 is 0 Å². The van der Waals surface area contributed by atoms with E-state index in [1.54, 1.807) is 0 Å². The first kappa shape index (κ1) is 12.9. The molecule has 0 saturated carbocycles. The Kier molecular flexibility index (Phi) is 3.56. The largest absolute Gasteiger partial charge is 0.0842 e. The lowest BCUT2D eigenvalue weighted by atomic mass is 9.86. The molecule has 1 aliphatic rings. The zero-order valence-corrected chi connectivity index (χ0v) is 12.2. The number of benzene rings is 2. The van der Waals surface area contributed by atoms with Crippen LogP contribution >= 0.6 is 0 Å². The van der Waals surface area contributed by atoms with Gasteiger partial charge < -0.3 is 0 Å². The molecular formula is C20H20. The van der Waals surface area contributed by atoms with Gasteiger partial charge in [-0.3, -0.25) is 0 Å². The summed E-state index contributed by atoms with van der Waals surface area (Å²) in [6.07, 6.45) is 8.97. The van der Waals surface area contributed by atoms with Gasteiger partial charge in [0.15, 0.2) is 0 Å². The third-order valence-corrected chi connectivity index (χ3v) is 4.05. The minimum atomic E-state index is 1.14. The normalized spacial score (nSPS) is 14.2. The first-order valence-electron chi connectivity index (χ1n) is 7.29. The van der Waals surface area contributed by atoms with Crippen LogP contribution in [0, 0.1) is 13.8 Å². The zero-order valence-electron chi connectivity index (χ0n) is 12.2. The fourth-order valence-electron chi connectivity index (χ4n) is 2.97. The zero-order chi connectivity index (χ0) is 13.9. The molecule has 0 aliphatic heterocycles. The van der Waals surface area contributed by atoms with Crippen LogP contribution in [0.3, 0.4) is 0 Å². The van der Waals surface area contributed by atoms with Crippen LogP contribution in [0.4, 0.5) is 0 Å². The van der Waals surface area contributed by atoms with Crippen LogP contribution in [-0.4, -0.2) is 0 Å². The molecule has 0 fully saturated rings. The SMILES string of the molecule is Cc1ccccc1-c1c(C)cccc1C1=CC=CCC1. The molecule has 0 heterocycles. The van der Waals surface area contributed by atoms with Crippen LogP contribution in [0.1, 0.15) is 29.5 Å². The average molecular weight is 260 g/mol. The summed E-state index contributed by atoms with van der Waals surface area (Å²) in [4.78, 5) is 0. The van der Waals surface area contributed by atoms with E-state index in [0.717, 1.165) is 12.8 Å². The molecule has 20 heavy (non-hydrogen) atoms. The molecule has 2 aromatic rings. The van der Waals surface area contributed by atoms with E-state index in [1.165, 1.54) is 33.4 Å². The van der Waals surface area contributed by atoms with E-state index in [-0.39, 0.29) is 0 Å². The highest BCUT2D eigenvalue weighted by Gasteiger charge is 2.13. The lowest BCUT2D eigenvalue weighted by molar-refractivity contribution is 1.05. The second-order valence-electron chi connectivity index (χ2n) is 5.47. The molecule has 0 unspecified atom stereocenters. The lowest BCUT2D eigenvalue weighted by Gasteiger charge is -2.18. The molecule has 0 nitrogen and oxygen atoms in total. The van der Waals surface area contributed by atoms with Crippen molar-refractivity contribution in [3.63, 3.8) is 0 Å². The fourth-order valence-corrected chi connectivity index (χ4v) is 2.97. The maximum Gasteiger partial charge on any atom is -0.00767 e. The lowest BCUT2D eigenvalue weighted by Crippen LogP contribution is -1.96. The van der Waals surface area contributed by atoms with Crippen molar-refractivity contribution in [2.45, 2.75) is 26.7 Å². The predicted octanol–water partition coefficient (Wildman–Crippen LogP) is 5.70. The van der Waals surface area contributed by atoms with Gasteiger partial charge in [0, 0.05) is 0 Å². The molecule has 0 heteroatoms. The Morgan fingerprint density at radius 1 is 0.800 bits per heavy atom. The van der Waals surface area contributed by atoms with Gasteiger partial charge in [0.25, 0.3) is 0 Å². The topological polar surface area (TPSA) is 0 Å². The molecule has 0 saturated heterocycles. The van der Waals surface area contributed by atoms with E-state index in [2.05, 4.69) is 74.5 Å². The molecule has 0 N–H and O–H groups in total. The Morgan fingerprint density at radius 3 is 2.30 bits per heavy atom. The Balaban J connectivity index is 2.22. The summed E-state index contributed by atoms with van der Waals surface area (Å²) in [7, 11) is 0. The van der Waals surface area contributed by atoms with Gasteiger partial charge in [0.2, 0.25) is 0 Å². The van der Waals surface area contributed by atoms with Crippen molar-refractivity contribution in [2.75, 3.05) is 0 Å². The number of allylic oxidation sites excluding steroid dienone is 4. The van der Waals surface area contributed by atoms with Crippen molar-refractivity contribution < 1.29 is 0 Å². The first-order chi connectivity index (χ1) is 9.77. The van der Waals surface area contributed by atoms with Crippen LogP contribution in [0.25, 0.3) is 16.7 Å². The molecule has 1 aliphatic carbocycles. The van der Waals surface area contributed by atoms with Gasteiger partial charge in [-0.05, 0) is 60.1 Å². The van der Waals surface area contributed by atoms with Gasteiger partial charge in [-0.1, -0.05) is 60.7 Å². The van der Waals surface area contributed by atoms with Crippen molar-refractivity contribution in [1.29, 1.82) is 0 Å². The van der Waals surface area contributed by atoms with Crippen LogP contribution in [0.5, 0.6) is 0 Å². The molecule has 100 valence electrons. The van der Waals surface area contributed by atoms with Crippen molar-refractivity contribution in [3.05, 3.63) is 77.4 Å². The van der Waals surface area contributed by atoms with E-state index < -0.39 is 0 Å². The Morgan fingerprint density at radius 2 is 1.55 bits per heavy atom. The number of hydrogen-bond acceptors (Lipinski definition) is 0. The van der Waals surface area contributed by atoms with E-state index in [4.69, 9.17) is 0 Å². The smallest absolute Gasteiger partial charge is 0.00767 e. The highest BCUT2D eigenvalue weighted by molar-refractivity contribution is 5.85. The minimum Gasteiger partial charge on any atom is -0.0842 e. The molecule has 2 aromatic carbocycles. The fraction of sp³-hybridized carbons (Fsp3) is 0.200. The van der Waals surface area contributed by atoms with Gasteiger partial charge in [0.1, 0.15) is 0 Å². The highest BCUT2D eigenvalue weighted by atomic mass is 14.2. The van der Waals surface area contributed by atoms with Gasteiger partial charge >= 0.3 is 0 Å². The Labute approximate surface area is 121 Å². The second kappa shape index (κ2) is 5.50. The van der Waals surface area contributed by atoms with Crippen LogP contribution in [-0.2, 0) is 0 Å². The van der Waals surface area contributed by atoms with E-state index in [9.17, 15) is 0 Å². The summed E-state index contributed by atoms with van der Waals surface area (Å²) >= 11 is 0. The molecule has 0 bridgehead atoms. The minimum absolute atomic E-state index is 1.14. The van der Waals surface area contributed by atoms with E-state index >= 15 is 0 Å². The Bertz CT molecular complexity index is 687. The molecule has 0 amide bonds. The molecule has 3 rings (SSSR count). The molecular weight excluding hydrogens is 240 g/mol. The highest BCUT2D eigenvalue weighted by Crippen LogP contribution is 2.36. The quantitative estimate of drug-likeness (QED) is 0.649. The standard InChI is InChI=1S/C20H20/c1-15-9-6-7-13-18(15)20-16(2)10-8-14-19(20)17-11-4-3-5-12-17/h3-4,6-11,13-14H,5,12H2,1-2H3. The number of hydrogen-bond donors (Lipinski definition) is 0. The first-order valence-corrected chi connectivity index (χ1v) is 7.29. The second-order valence-corrected chi connectivity index (χ2v) is 5.47. The third-order valence-electron chi connectivity index (χ3n) is 4.05. The van der Waals surface area contributed by atoms with Crippen molar-refractivity contribution >= 4 is 5.57 Å². The average Bonchev–Trinajstić information content (AvgIpc) is 2.49. The van der Waals surface area contributed by atoms with Gasteiger partial charge in [-0.15, -0.1) is 0 Å². The van der Waals surface area contributed by atoms with Crippen molar-refractivity contribution in [2.24, 2.45) is 0 Å². The van der Waals surface area contributed by atoms with Crippen LogP contribution in [0.2, 0.25) is 0 Å². The van der Waals surface area contributed by atoms with E-state index in [1.807, 2.05) is 0 Å².